The summed E-state index contributed by atoms with van der Waals surface area (Å²) < 4.78 is 50.5. The minimum atomic E-state index is -4.15. The van der Waals surface area contributed by atoms with E-state index in [4.69, 9.17) is 0 Å². The normalized spacial score (nSPS) is 13.9. The van der Waals surface area contributed by atoms with Crippen LogP contribution in [-0.2, 0) is 14.6 Å². The third-order valence-corrected chi connectivity index (χ3v) is 5.51. The average Bonchev–Trinajstić information content (AvgIpc) is 3.40. The lowest BCUT2D eigenvalue weighted by Crippen LogP contribution is -2.26. The Morgan fingerprint density at radius 1 is 1.04 bits per heavy atom. The number of nitrogens with one attached hydrogen (secondary N) is 2. The number of benzene rings is 2. The summed E-state index contributed by atoms with van der Waals surface area (Å²) >= 11 is 0. The number of rotatable bonds is 6. The Labute approximate surface area is 154 Å². The maximum atomic E-state index is 13.2. The van der Waals surface area contributed by atoms with E-state index in [-0.39, 0.29) is 17.6 Å². The van der Waals surface area contributed by atoms with Gasteiger partial charge in [0.1, 0.15) is 5.75 Å². The molecule has 0 saturated heterocycles. The lowest BCUT2D eigenvalue weighted by Gasteiger charge is -2.09. The van der Waals surface area contributed by atoms with Crippen molar-refractivity contribution >= 4 is 27.3 Å². The van der Waals surface area contributed by atoms with Crippen molar-refractivity contribution in [3.05, 3.63) is 59.7 Å². The third kappa shape index (κ3) is 4.88. The van der Waals surface area contributed by atoms with Crippen LogP contribution in [0.5, 0.6) is 0 Å². The third-order valence-electron chi connectivity index (χ3n) is 3.89. The van der Waals surface area contributed by atoms with Gasteiger partial charge in [-0.1, -0.05) is 6.07 Å². The van der Waals surface area contributed by atoms with E-state index in [1.54, 1.807) is 12.1 Å². The summed E-state index contributed by atoms with van der Waals surface area (Å²) in [7, 11) is -4.15. The minimum absolute atomic E-state index is 0.178. The molecular weight excluding hydrogens is 378 g/mol. The first-order chi connectivity index (χ1) is 12.7. The number of sulfone groups is 1. The Balaban J connectivity index is 1.67. The molecule has 3 rings (SSSR count). The summed E-state index contributed by atoms with van der Waals surface area (Å²) in [6.45, 7) is 0. The standard InChI is InChI=1S/C18H16F2N2O4S/c19-15-7-6-14(9-16(15)20)27(25,26)10-17(23)21-13-3-1-2-11(8-13)18(24)22-12-4-5-12/h1-3,6-9,12H,4-5,10H2,(H,21,23)(H,22,24). The number of amides is 2. The molecule has 1 saturated carbocycles. The summed E-state index contributed by atoms with van der Waals surface area (Å²) in [5, 5.41) is 5.20. The van der Waals surface area contributed by atoms with Gasteiger partial charge in [0.15, 0.2) is 21.5 Å². The van der Waals surface area contributed by atoms with Crippen molar-refractivity contribution in [2.45, 2.75) is 23.8 Å². The van der Waals surface area contributed by atoms with Crippen LogP contribution in [0.2, 0.25) is 0 Å². The van der Waals surface area contributed by atoms with Crippen LogP contribution >= 0.6 is 0 Å². The van der Waals surface area contributed by atoms with Crippen molar-refractivity contribution in [1.29, 1.82) is 0 Å². The molecular formula is C18H16F2N2O4S. The van der Waals surface area contributed by atoms with Crippen molar-refractivity contribution < 1.29 is 26.8 Å². The molecule has 142 valence electrons. The highest BCUT2D eigenvalue weighted by atomic mass is 32.2. The molecule has 0 atom stereocenters. The second kappa shape index (κ2) is 7.43. The molecule has 0 aromatic heterocycles. The second-order valence-electron chi connectivity index (χ2n) is 6.21. The molecule has 6 nitrogen and oxygen atoms in total. The highest BCUT2D eigenvalue weighted by molar-refractivity contribution is 7.92. The van der Waals surface area contributed by atoms with Crippen LogP contribution in [0.1, 0.15) is 23.2 Å². The molecule has 2 aromatic carbocycles. The summed E-state index contributed by atoms with van der Waals surface area (Å²) in [6, 6.07) is 8.35. The Morgan fingerprint density at radius 2 is 1.78 bits per heavy atom. The van der Waals surface area contributed by atoms with Gasteiger partial charge in [-0.25, -0.2) is 17.2 Å². The van der Waals surface area contributed by atoms with E-state index < -0.39 is 38.0 Å². The monoisotopic (exact) mass is 394 g/mol. The zero-order valence-electron chi connectivity index (χ0n) is 14.0. The lowest BCUT2D eigenvalue weighted by molar-refractivity contribution is -0.113. The van der Waals surface area contributed by atoms with Crippen LogP contribution in [0.4, 0.5) is 14.5 Å². The van der Waals surface area contributed by atoms with Crippen LogP contribution in [-0.4, -0.2) is 32.0 Å². The van der Waals surface area contributed by atoms with Gasteiger partial charge < -0.3 is 10.6 Å². The van der Waals surface area contributed by atoms with Gasteiger partial charge in [0.2, 0.25) is 5.91 Å². The smallest absolute Gasteiger partial charge is 0.251 e. The predicted molar refractivity (Wildman–Crippen MR) is 94.0 cm³/mol. The summed E-state index contributed by atoms with van der Waals surface area (Å²) in [6.07, 6.45) is 1.87. The number of anilines is 1. The SMILES string of the molecule is O=C(CS(=O)(=O)c1ccc(F)c(F)c1)Nc1cccc(C(=O)NC2CC2)c1. The van der Waals surface area contributed by atoms with Crippen LogP contribution in [0.3, 0.4) is 0 Å². The quantitative estimate of drug-likeness (QED) is 0.736. The average molecular weight is 394 g/mol. The minimum Gasteiger partial charge on any atom is -0.349 e. The lowest BCUT2D eigenvalue weighted by atomic mass is 10.2. The van der Waals surface area contributed by atoms with Crippen molar-refractivity contribution in [2.75, 3.05) is 11.1 Å². The first-order valence-corrected chi connectivity index (χ1v) is 9.78. The van der Waals surface area contributed by atoms with Crippen LogP contribution < -0.4 is 10.6 Å². The molecule has 0 spiro atoms. The predicted octanol–water partition coefficient (Wildman–Crippen LogP) is 2.27. The number of halogens is 2. The molecule has 2 aromatic rings. The Kier molecular flexibility index (Phi) is 5.22. The van der Waals surface area contributed by atoms with Crippen molar-refractivity contribution in [3.8, 4) is 0 Å². The van der Waals surface area contributed by atoms with Gasteiger partial charge >= 0.3 is 0 Å². The van der Waals surface area contributed by atoms with Crippen molar-refractivity contribution in [3.63, 3.8) is 0 Å². The first-order valence-electron chi connectivity index (χ1n) is 8.13. The summed E-state index contributed by atoms with van der Waals surface area (Å²) in [4.78, 5) is 23.6. The largest absolute Gasteiger partial charge is 0.349 e. The molecule has 1 aliphatic carbocycles. The molecule has 1 fully saturated rings. The zero-order valence-corrected chi connectivity index (χ0v) is 14.9. The van der Waals surface area contributed by atoms with Gasteiger partial charge in [-0.2, -0.15) is 0 Å². The topological polar surface area (TPSA) is 92.3 Å². The van der Waals surface area contributed by atoms with Gasteiger partial charge in [0.05, 0.1) is 4.90 Å². The van der Waals surface area contributed by atoms with Crippen LogP contribution in [0.15, 0.2) is 47.4 Å². The van der Waals surface area contributed by atoms with E-state index in [1.165, 1.54) is 12.1 Å². The molecule has 0 heterocycles. The maximum Gasteiger partial charge on any atom is 0.251 e. The number of hydrogen-bond donors (Lipinski definition) is 2. The number of carbonyl (C=O) groups excluding carboxylic acids is 2. The van der Waals surface area contributed by atoms with E-state index in [9.17, 15) is 26.8 Å². The highest BCUT2D eigenvalue weighted by Crippen LogP contribution is 2.20. The van der Waals surface area contributed by atoms with Crippen LogP contribution in [0, 0.1) is 11.6 Å². The fraction of sp³-hybridized carbons (Fsp3) is 0.222. The summed E-state index contributed by atoms with van der Waals surface area (Å²) in [5.74, 6) is -4.58. The van der Waals surface area contributed by atoms with Crippen LogP contribution in [0.25, 0.3) is 0 Å². The van der Waals surface area contributed by atoms with E-state index in [2.05, 4.69) is 10.6 Å². The van der Waals surface area contributed by atoms with Gasteiger partial charge in [-0.3, -0.25) is 9.59 Å². The molecule has 0 bridgehead atoms. The van der Waals surface area contributed by atoms with Gasteiger partial charge in [-0.15, -0.1) is 0 Å². The second-order valence-corrected chi connectivity index (χ2v) is 8.20. The fourth-order valence-corrected chi connectivity index (χ4v) is 3.50. The van der Waals surface area contributed by atoms with E-state index >= 15 is 0 Å². The van der Waals surface area contributed by atoms with Gasteiger partial charge in [0.25, 0.3) is 5.91 Å². The maximum absolute atomic E-state index is 13.2. The van der Waals surface area contributed by atoms with Crippen molar-refractivity contribution in [1.82, 2.24) is 5.32 Å². The highest BCUT2D eigenvalue weighted by Gasteiger charge is 2.24. The Morgan fingerprint density at radius 3 is 2.44 bits per heavy atom. The van der Waals surface area contributed by atoms with E-state index in [0.717, 1.165) is 18.9 Å². The van der Waals surface area contributed by atoms with E-state index in [1.807, 2.05) is 0 Å². The Hall–Kier alpha value is -2.81. The molecule has 2 amide bonds. The molecule has 1 aliphatic rings. The first kappa shape index (κ1) is 19.0. The number of carbonyl (C=O) groups is 2. The molecule has 0 radical (unpaired) electrons. The van der Waals surface area contributed by atoms with Gasteiger partial charge in [0, 0.05) is 17.3 Å². The molecule has 2 N–H and O–H groups in total. The fourth-order valence-electron chi connectivity index (χ4n) is 2.36. The van der Waals surface area contributed by atoms with Crippen molar-refractivity contribution in [2.24, 2.45) is 0 Å². The zero-order chi connectivity index (χ0) is 19.6. The molecule has 0 unspecified atom stereocenters. The Bertz CT molecular complexity index is 1000. The van der Waals surface area contributed by atoms with E-state index in [0.29, 0.717) is 17.7 Å². The molecule has 0 aliphatic heterocycles. The molecule has 27 heavy (non-hydrogen) atoms. The van der Waals surface area contributed by atoms with Gasteiger partial charge in [-0.05, 0) is 49.2 Å². The molecule has 9 heteroatoms. The number of hydrogen-bond acceptors (Lipinski definition) is 4. The summed E-state index contributed by atoms with van der Waals surface area (Å²) in [5.41, 5.74) is 0.590.